The average Bonchev–Trinajstić information content (AvgIpc) is 2.70. The van der Waals surface area contributed by atoms with E-state index in [-0.39, 0.29) is 12.5 Å². The first-order valence-corrected chi connectivity index (χ1v) is 8.85. The van der Waals surface area contributed by atoms with Crippen LogP contribution in [0.3, 0.4) is 0 Å². The molecular weight excluding hydrogens is 366 g/mol. The predicted octanol–water partition coefficient (Wildman–Crippen LogP) is 3.25. The van der Waals surface area contributed by atoms with Crippen LogP contribution in [-0.4, -0.2) is 42.5 Å². The van der Waals surface area contributed by atoms with E-state index in [1.807, 2.05) is 42.5 Å². The van der Waals surface area contributed by atoms with Crippen LogP contribution in [0, 0.1) is 0 Å². The van der Waals surface area contributed by atoms with Crippen molar-refractivity contribution >= 4 is 28.3 Å². The highest BCUT2D eigenvalue weighted by atomic mass is 35.5. The molecule has 0 aliphatic rings. The van der Waals surface area contributed by atoms with Crippen LogP contribution >= 0.6 is 11.6 Å². The molecule has 0 saturated carbocycles. The van der Waals surface area contributed by atoms with Crippen molar-refractivity contribution < 1.29 is 19.7 Å². The summed E-state index contributed by atoms with van der Waals surface area (Å²) >= 11 is 6.18. The molecule has 27 heavy (non-hydrogen) atoms. The standard InChI is InChI=1S/C21H20ClNO4/c1-27-20-9-6-13(22)10-19(20)17-7-8-18(16-5-3-2-4-15(16)17)21(26)23-11-14(25)12-24/h2-10,14,24-25H,11-12H2,1H3,(H,23,26). The Hall–Kier alpha value is -2.60. The summed E-state index contributed by atoms with van der Waals surface area (Å²) in [6.07, 6.45) is -0.991. The zero-order valence-electron chi connectivity index (χ0n) is 14.8. The number of nitrogens with one attached hydrogen (secondary N) is 1. The van der Waals surface area contributed by atoms with Crippen molar-refractivity contribution in [3.8, 4) is 16.9 Å². The highest BCUT2D eigenvalue weighted by Crippen LogP contribution is 2.37. The Bertz CT molecular complexity index is 974. The summed E-state index contributed by atoms with van der Waals surface area (Å²) in [5.74, 6) is 0.371. The van der Waals surface area contributed by atoms with Gasteiger partial charge in [-0.1, -0.05) is 41.9 Å². The number of benzene rings is 3. The van der Waals surface area contributed by atoms with Crippen molar-refractivity contribution in [2.24, 2.45) is 0 Å². The number of aliphatic hydroxyl groups is 2. The molecule has 140 valence electrons. The maximum absolute atomic E-state index is 12.6. The van der Waals surface area contributed by atoms with Gasteiger partial charge in [0, 0.05) is 22.7 Å². The monoisotopic (exact) mass is 385 g/mol. The molecule has 0 aliphatic heterocycles. The molecule has 0 heterocycles. The number of rotatable bonds is 6. The van der Waals surface area contributed by atoms with Gasteiger partial charge in [0.2, 0.25) is 0 Å². The smallest absolute Gasteiger partial charge is 0.252 e. The molecule has 5 nitrogen and oxygen atoms in total. The SMILES string of the molecule is COc1ccc(Cl)cc1-c1ccc(C(=O)NCC(O)CO)c2ccccc12. The quantitative estimate of drug-likeness (QED) is 0.608. The predicted molar refractivity (Wildman–Crippen MR) is 106 cm³/mol. The van der Waals surface area contributed by atoms with Crippen molar-refractivity contribution in [2.75, 3.05) is 20.3 Å². The number of ether oxygens (including phenoxy) is 1. The van der Waals surface area contributed by atoms with E-state index < -0.39 is 12.7 Å². The fourth-order valence-corrected chi connectivity index (χ4v) is 3.17. The second-order valence-electron chi connectivity index (χ2n) is 6.10. The molecule has 3 aromatic rings. The summed E-state index contributed by atoms with van der Waals surface area (Å²) in [6.45, 7) is -0.429. The van der Waals surface area contributed by atoms with Gasteiger partial charge in [-0.05, 0) is 40.6 Å². The maximum atomic E-state index is 12.6. The second kappa shape index (κ2) is 8.39. The molecule has 0 aliphatic carbocycles. The number of carbonyl (C=O) groups is 1. The summed E-state index contributed by atoms with van der Waals surface area (Å²) in [5.41, 5.74) is 2.22. The zero-order valence-corrected chi connectivity index (χ0v) is 15.5. The van der Waals surface area contributed by atoms with Crippen LogP contribution in [0.25, 0.3) is 21.9 Å². The molecule has 0 radical (unpaired) electrons. The molecule has 0 saturated heterocycles. The summed E-state index contributed by atoms with van der Waals surface area (Å²) in [5, 5.41) is 23.2. The van der Waals surface area contributed by atoms with Gasteiger partial charge in [-0.3, -0.25) is 4.79 Å². The molecule has 6 heteroatoms. The van der Waals surface area contributed by atoms with Gasteiger partial charge in [0.05, 0.1) is 19.8 Å². The van der Waals surface area contributed by atoms with E-state index in [0.717, 1.165) is 21.9 Å². The van der Waals surface area contributed by atoms with Crippen molar-refractivity contribution in [1.82, 2.24) is 5.32 Å². The van der Waals surface area contributed by atoms with Gasteiger partial charge in [0.1, 0.15) is 5.75 Å². The Morgan fingerprint density at radius 3 is 2.56 bits per heavy atom. The molecule has 3 rings (SSSR count). The molecule has 1 amide bonds. The van der Waals surface area contributed by atoms with E-state index >= 15 is 0 Å². The third-order valence-corrected chi connectivity index (χ3v) is 4.56. The van der Waals surface area contributed by atoms with E-state index in [9.17, 15) is 9.90 Å². The van der Waals surface area contributed by atoms with Gasteiger partial charge in [0.15, 0.2) is 0 Å². The van der Waals surface area contributed by atoms with Crippen molar-refractivity contribution in [3.63, 3.8) is 0 Å². The first-order chi connectivity index (χ1) is 13.0. The number of hydrogen-bond acceptors (Lipinski definition) is 4. The van der Waals surface area contributed by atoms with E-state index in [1.165, 1.54) is 0 Å². The molecule has 0 fully saturated rings. The molecular formula is C21H20ClNO4. The van der Waals surface area contributed by atoms with Crippen LogP contribution in [0.15, 0.2) is 54.6 Å². The van der Waals surface area contributed by atoms with Gasteiger partial charge in [-0.15, -0.1) is 0 Å². The maximum Gasteiger partial charge on any atom is 0.252 e. The van der Waals surface area contributed by atoms with Crippen LogP contribution in [0.5, 0.6) is 5.75 Å². The molecule has 0 aromatic heterocycles. The molecule has 3 aromatic carbocycles. The number of methoxy groups -OCH3 is 1. The third kappa shape index (κ3) is 4.06. The van der Waals surface area contributed by atoms with Crippen molar-refractivity contribution in [3.05, 3.63) is 65.2 Å². The van der Waals surface area contributed by atoms with Crippen LogP contribution in [-0.2, 0) is 0 Å². The van der Waals surface area contributed by atoms with E-state index in [1.54, 1.807) is 19.2 Å². The zero-order chi connectivity index (χ0) is 19.4. The van der Waals surface area contributed by atoms with Crippen molar-refractivity contribution in [2.45, 2.75) is 6.10 Å². The number of amides is 1. The molecule has 3 N–H and O–H groups in total. The van der Waals surface area contributed by atoms with Gasteiger partial charge in [0.25, 0.3) is 5.91 Å². The molecule has 0 spiro atoms. The summed E-state index contributed by atoms with van der Waals surface area (Å²) in [6, 6.07) is 16.6. The summed E-state index contributed by atoms with van der Waals surface area (Å²) in [7, 11) is 1.60. The largest absolute Gasteiger partial charge is 0.496 e. The Labute approximate surface area is 162 Å². The van der Waals surface area contributed by atoms with Crippen LogP contribution in [0.2, 0.25) is 5.02 Å². The van der Waals surface area contributed by atoms with Gasteiger partial charge < -0.3 is 20.3 Å². The molecule has 0 bridgehead atoms. The topological polar surface area (TPSA) is 78.8 Å². The minimum atomic E-state index is -0.991. The summed E-state index contributed by atoms with van der Waals surface area (Å²) in [4.78, 5) is 12.6. The Balaban J connectivity index is 2.09. The Morgan fingerprint density at radius 2 is 1.85 bits per heavy atom. The first kappa shape index (κ1) is 19.2. The molecule has 1 unspecified atom stereocenters. The number of carbonyl (C=O) groups excluding carboxylic acids is 1. The normalized spacial score (nSPS) is 12.0. The van der Waals surface area contributed by atoms with Gasteiger partial charge in [-0.2, -0.15) is 0 Å². The highest BCUT2D eigenvalue weighted by Gasteiger charge is 2.16. The number of halogens is 1. The van der Waals surface area contributed by atoms with Gasteiger partial charge >= 0.3 is 0 Å². The lowest BCUT2D eigenvalue weighted by Crippen LogP contribution is -2.33. The second-order valence-corrected chi connectivity index (χ2v) is 6.53. The fourth-order valence-electron chi connectivity index (χ4n) is 2.99. The lowest BCUT2D eigenvalue weighted by atomic mass is 9.94. The summed E-state index contributed by atoms with van der Waals surface area (Å²) < 4.78 is 5.47. The number of aliphatic hydroxyl groups excluding tert-OH is 2. The lowest BCUT2D eigenvalue weighted by Gasteiger charge is -2.15. The van der Waals surface area contributed by atoms with Gasteiger partial charge in [-0.25, -0.2) is 0 Å². The van der Waals surface area contributed by atoms with Crippen molar-refractivity contribution in [1.29, 1.82) is 0 Å². The van der Waals surface area contributed by atoms with E-state index in [4.69, 9.17) is 21.4 Å². The van der Waals surface area contributed by atoms with Crippen LogP contribution in [0.1, 0.15) is 10.4 Å². The fraction of sp³-hybridized carbons (Fsp3) is 0.190. The number of hydrogen-bond donors (Lipinski definition) is 3. The Morgan fingerprint density at radius 1 is 1.11 bits per heavy atom. The average molecular weight is 386 g/mol. The highest BCUT2D eigenvalue weighted by molar-refractivity contribution is 6.31. The van der Waals surface area contributed by atoms with E-state index in [2.05, 4.69) is 5.32 Å². The lowest BCUT2D eigenvalue weighted by molar-refractivity contribution is 0.0803. The number of fused-ring (bicyclic) bond motifs is 1. The van der Waals surface area contributed by atoms with E-state index in [0.29, 0.717) is 16.3 Å². The third-order valence-electron chi connectivity index (χ3n) is 4.33. The van der Waals surface area contributed by atoms with Crippen LogP contribution in [0.4, 0.5) is 0 Å². The Kier molecular flexibility index (Phi) is 5.96. The molecule has 1 atom stereocenters. The first-order valence-electron chi connectivity index (χ1n) is 8.48. The minimum Gasteiger partial charge on any atom is -0.496 e. The minimum absolute atomic E-state index is 0.0203. The van der Waals surface area contributed by atoms with Crippen LogP contribution < -0.4 is 10.1 Å².